The zero-order chi connectivity index (χ0) is 13.0. The average Bonchev–Trinajstić information content (AvgIpc) is 2.43. The van der Waals surface area contributed by atoms with E-state index in [4.69, 9.17) is 4.84 Å². The van der Waals surface area contributed by atoms with Gasteiger partial charge in [0.05, 0.1) is 7.11 Å². The van der Waals surface area contributed by atoms with Crippen LogP contribution in [0.3, 0.4) is 0 Å². The second kappa shape index (κ2) is 5.47. The van der Waals surface area contributed by atoms with Crippen molar-refractivity contribution < 1.29 is 9.63 Å². The molecule has 2 rings (SSSR count). The zero-order valence-electron chi connectivity index (χ0n) is 10.5. The second-order valence-corrected chi connectivity index (χ2v) is 3.96. The SMILES string of the molecule is CON(C)C(=O)/C=C/c1ccc2ccccc2c1. The average molecular weight is 241 g/mol. The Bertz CT molecular complexity index is 590. The fraction of sp³-hybridized carbons (Fsp3) is 0.133. The molecular weight excluding hydrogens is 226 g/mol. The molecule has 0 saturated carbocycles. The van der Waals surface area contributed by atoms with E-state index in [0.717, 1.165) is 10.9 Å². The van der Waals surface area contributed by atoms with Crippen molar-refractivity contribution in [3.63, 3.8) is 0 Å². The van der Waals surface area contributed by atoms with E-state index in [1.807, 2.05) is 30.3 Å². The van der Waals surface area contributed by atoms with Gasteiger partial charge in [0.1, 0.15) is 0 Å². The highest BCUT2D eigenvalue weighted by atomic mass is 16.7. The number of hydrogen-bond acceptors (Lipinski definition) is 2. The number of hydroxylamine groups is 2. The first-order valence-corrected chi connectivity index (χ1v) is 5.69. The van der Waals surface area contributed by atoms with Crippen molar-refractivity contribution in [2.24, 2.45) is 0 Å². The Hall–Kier alpha value is -2.13. The summed E-state index contributed by atoms with van der Waals surface area (Å²) in [4.78, 5) is 16.3. The standard InChI is InChI=1S/C15H15NO2/c1-16(18-2)15(17)10-8-12-7-9-13-5-3-4-6-14(13)11-12/h3-11H,1-2H3/b10-8+. The van der Waals surface area contributed by atoms with Gasteiger partial charge in [0, 0.05) is 13.1 Å². The van der Waals surface area contributed by atoms with Gasteiger partial charge in [-0.15, -0.1) is 0 Å². The Balaban J connectivity index is 2.22. The van der Waals surface area contributed by atoms with E-state index in [-0.39, 0.29) is 5.91 Å². The third-order valence-electron chi connectivity index (χ3n) is 2.78. The van der Waals surface area contributed by atoms with Gasteiger partial charge in [-0.3, -0.25) is 9.63 Å². The van der Waals surface area contributed by atoms with E-state index >= 15 is 0 Å². The molecule has 0 aromatic heterocycles. The minimum absolute atomic E-state index is 0.189. The second-order valence-electron chi connectivity index (χ2n) is 3.96. The lowest BCUT2D eigenvalue weighted by Gasteiger charge is -2.10. The van der Waals surface area contributed by atoms with Crippen LogP contribution in [0.4, 0.5) is 0 Å². The van der Waals surface area contributed by atoms with Gasteiger partial charge in [-0.25, -0.2) is 5.06 Å². The molecule has 0 spiro atoms. The van der Waals surface area contributed by atoms with Crippen LogP contribution in [0.2, 0.25) is 0 Å². The zero-order valence-corrected chi connectivity index (χ0v) is 10.5. The molecule has 1 amide bonds. The fourth-order valence-corrected chi connectivity index (χ4v) is 1.67. The Morgan fingerprint density at radius 3 is 2.61 bits per heavy atom. The fourth-order valence-electron chi connectivity index (χ4n) is 1.67. The first kappa shape index (κ1) is 12.3. The minimum atomic E-state index is -0.189. The van der Waals surface area contributed by atoms with Crippen LogP contribution in [-0.2, 0) is 9.63 Å². The minimum Gasteiger partial charge on any atom is -0.274 e. The van der Waals surface area contributed by atoms with E-state index in [0.29, 0.717) is 0 Å². The molecule has 92 valence electrons. The van der Waals surface area contributed by atoms with Crippen molar-refractivity contribution in [1.82, 2.24) is 5.06 Å². The van der Waals surface area contributed by atoms with Crippen LogP contribution in [0.15, 0.2) is 48.5 Å². The molecule has 0 atom stereocenters. The molecule has 0 N–H and O–H groups in total. The summed E-state index contributed by atoms with van der Waals surface area (Å²) < 4.78 is 0. The first-order chi connectivity index (χ1) is 8.70. The molecule has 18 heavy (non-hydrogen) atoms. The number of fused-ring (bicyclic) bond motifs is 1. The number of carbonyl (C=O) groups excluding carboxylic acids is 1. The van der Waals surface area contributed by atoms with Crippen molar-refractivity contribution >= 4 is 22.8 Å². The lowest BCUT2D eigenvalue weighted by Crippen LogP contribution is -2.22. The summed E-state index contributed by atoms with van der Waals surface area (Å²) in [5.41, 5.74) is 0.992. The number of benzene rings is 2. The molecule has 0 bridgehead atoms. The summed E-state index contributed by atoms with van der Waals surface area (Å²) in [7, 11) is 3.04. The molecule has 0 fully saturated rings. The van der Waals surface area contributed by atoms with Crippen molar-refractivity contribution in [2.75, 3.05) is 14.2 Å². The molecule has 0 saturated heterocycles. The van der Waals surface area contributed by atoms with Crippen LogP contribution < -0.4 is 0 Å². The summed E-state index contributed by atoms with van der Waals surface area (Å²) in [6.45, 7) is 0. The van der Waals surface area contributed by atoms with Gasteiger partial charge in [0.2, 0.25) is 0 Å². The molecule has 3 heteroatoms. The topological polar surface area (TPSA) is 29.5 Å². The van der Waals surface area contributed by atoms with Crippen molar-refractivity contribution in [3.05, 3.63) is 54.1 Å². The highest BCUT2D eigenvalue weighted by Crippen LogP contribution is 2.16. The van der Waals surface area contributed by atoms with Crippen LogP contribution in [0, 0.1) is 0 Å². The van der Waals surface area contributed by atoms with E-state index in [1.165, 1.54) is 23.6 Å². The Morgan fingerprint density at radius 2 is 1.89 bits per heavy atom. The summed E-state index contributed by atoms with van der Waals surface area (Å²) in [5, 5.41) is 3.53. The Morgan fingerprint density at radius 1 is 1.17 bits per heavy atom. The Kier molecular flexibility index (Phi) is 3.75. The maximum atomic E-state index is 11.5. The van der Waals surface area contributed by atoms with Gasteiger partial charge in [0.25, 0.3) is 5.91 Å². The molecule has 0 heterocycles. The molecule has 0 radical (unpaired) electrons. The lowest BCUT2D eigenvalue weighted by molar-refractivity contribution is -0.162. The van der Waals surface area contributed by atoms with Gasteiger partial charge in [-0.05, 0) is 28.5 Å². The van der Waals surface area contributed by atoms with E-state index in [9.17, 15) is 4.79 Å². The molecule has 0 aliphatic heterocycles. The van der Waals surface area contributed by atoms with Crippen molar-refractivity contribution in [1.29, 1.82) is 0 Å². The van der Waals surface area contributed by atoms with Crippen molar-refractivity contribution in [2.45, 2.75) is 0 Å². The lowest BCUT2D eigenvalue weighted by atomic mass is 10.1. The number of carbonyl (C=O) groups is 1. The highest BCUT2D eigenvalue weighted by Gasteiger charge is 2.01. The van der Waals surface area contributed by atoms with E-state index < -0.39 is 0 Å². The number of likely N-dealkylation sites (N-methyl/N-ethyl adjacent to an activating group) is 1. The van der Waals surface area contributed by atoms with Gasteiger partial charge < -0.3 is 0 Å². The molecule has 0 unspecified atom stereocenters. The largest absolute Gasteiger partial charge is 0.274 e. The third-order valence-corrected chi connectivity index (χ3v) is 2.78. The smallest absolute Gasteiger partial charge is 0.269 e. The number of rotatable bonds is 3. The summed E-state index contributed by atoms with van der Waals surface area (Å²) in [6.07, 6.45) is 3.28. The molecule has 0 aliphatic rings. The van der Waals surface area contributed by atoms with Crippen molar-refractivity contribution in [3.8, 4) is 0 Å². The Labute approximate surface area is 106 Å². The van der Waals surface area contributed by atoms with Gasteiger partial charge >= 0.3 is 0 Å². The first-order valence-electron chi connectivity index (χ1n) is 5.69. The molecule has 2 aromatic rings. The summed E-state index contributed by atoms with van der Waals surface area (Å²) in [6, 6.07) is 14.2. The van der Waals surface area contributed by atoms with Gasteiger partial charge in [-0.2, -0.15) is 0 Å². The highest BCUT2D eigenvalue weighted by molar-refractivity contribution is 5.92. The van der Waals surface area contributed by atoms with Gasteiger partial charge in [-0.1, -0.05) is 36.4 Å². The number of amides is 1. The molecule has 2 aromatic carbocycles. The van der Waals surface area contributed by atoms with Crippen LogP contribution in [0.25, 0.3) is 16.8 Å². The van der Waals surface area contributed by atoms with Crippen LogP contribution in [0.5, 0.6) is 0 Å². The quantitative estimate of drug-likeness (QED) is 0.611. The number of nitrogens with zero attached hydrogens (tertiary/aromatic N) is 1. The molecular formula is C15H15NO2. The van der Waals surface area contributed by atoms with E-state index in [2.05, 4.69) is 12.1 Å². The molecule has 3 nitrogen and oxygen atoms in total. The maximum Gasteiger partial charge on any atom is 0.269 e. The number of hydrogen-bond donors (Lipinski definition) is 0. The molecule has 0 aliphatic carbocycles. The normalized spacial score (nSPS) is 11.0. The van der Waals surface area contributed by atoms with Crippen LogP contribution in [-0.4, -0.2) is 25.1 Å². The maximum absolute atomic E-state index is 11.5. The van der Waals surface area contributed by atoms with E-state index in [1.54, 1.807) is 13.1 Å². The summed E-state index contributed by atoms with van der Waals surface area (Å²) >= 11 is 0. The predicted molar refractivity (Wildman–Crippen MR) is 72.8 cm³/mol. The third kappa shape index (κ3) is 2.76. The summed E-state index contributed by atoms with van der Waals surface area (Å²) in [5.74, 6) is -0.189. The van der Waals surface area contributed by atoms with Crippen LogP contribution >= 0.6 is 0 Å². The monoisotopic (exact) mass is 241 g/mol. The van der Waals surface area contributed by atoms with Crippen LogP contribution in [0.1, 0.15) is 5.56 Å². The predicted octanol–water partition coefficient (Wildman–Crippen LogP) is 2.87. The van der Waals surface area contributed by atoms with Gasteiger partial charge in [0.15, 0.2) is 0 Å².